The number of aliphatic hydroxyl groups excluding tert-OH is 1. The van der Waals surface area contributed by atoms with E-state index >= 15 is 0 Å². The number of benzene rings is 1. The van der Waals surface area contributed by atoms with Gasteiger partial charge in [-0.05, 0) is 44.4 Å². The highest BCUT2D eigenvalue weighted by molar-refractivity contribution is 6.32. The predicted molar refractivity (Wildman–Crippen MR) is 68.9 cm³/mol. The molecule has 2 N–H and O–H groups in total. The Kier molecular flexibility index (Phi) is 4.59. The molecule has 4 nitrogen and oxygen atoms in total. The first-order valence-electron chi connectivity index (χ1n) is 5.65. The molecule has 1 rings (SSSR count). The van der Waals surface area contributed by atoms with E-state index in [1.807, 2.05) is 0 Å². The summed E-state index contributed by atoms with van der Waals surface area (Å²) in [5.74, 6) is -0.912. The van der Waals surface area contributed by atoms with E-state index in [1.165, 1.54) is 0 Å². The molecule has 0 saturated heterocycles. The van der Waals surface area contributed by atoms with E-state index in [4.69, 9.17) is 16.3 Å². The molecule has 18 heavy (non-hydrogen) atoms. The van der Waals surface area contributed by atoms with Gasteiger partial charge in [-0.15, -0.1) is 0 Å². The van der Waals surface area contributed by atoms with Crippen molar-refractivity contribution in [1.29, 1.82) is 0 Å². The van der Waals surface area contributed by atoms with Gasteiger partial charge in [0.15, 0.2) is 6.10 Å². The highest BCUT2D eigenvalue weighted by Crippen LogP contribution is 2.38. The summed E-state index contributed by atoms with van der Waals surface area (Å²) >= 11 is 6.11. The van der Waals surface area contributed by atoms with Crippen molar-refractivity contribution in [2.45, 2.75) is 33.8 Å². The Labute approximate surface area is 111 Å². The molecular weight excluding hydrogens is 256 g/mol. The fourth-order valence-electron chi connectivity index (χ4n) is 1.79. The van der Waals surface area contributed by atoms with Crippen LogP contribution in [0.1, 0.15) is 35.3 Å². The summed E-state index contributed by atoms with van der Waals surface area (Å²) < 4.78 is 4.73. The van der Waals surface area contributed by atoms with Crippen molar-refractivity contribution in [3.05, 3.63) is 27.3 Å². The normalized spacial score (nSPS) is 12.3. The van der Waals surface area contributed by atoms with Gasteiger partial charge in [-0.2, -0.15) is 0 Å². The molecule has 0 heterocycles. The van der Waals surface area contributed by atoms with Crippen LogP contribution in [0.15, 0.2) is 0 Å². The molecule has 0 radical (unpaired) electrons. The molecular formula is C13H17ClO4. The molecule has 1 aromatic carbocycles. The first-order valence-corrected chi connectivity index (χ1v) is 6.03. The number of esters is 1. The van der Waals surface area contributed by atoms with Gasteiger partial charge in [0.25, 0.3) is 0 Å². The minimum absolute atomic E-state index is 0.113. The van der Waals surface area contributed by atoms with Crippen molar-refractivity contribution in [3.63, 3.8) is 0 Å². The monoisotopic (exact) mass is 272 g/mol. The average Bonchev–Trinajstić information content (AvgIpc) is 2.34. The van der Waals surface area contributed by atoms with E-state index in [2.05, 4.69) is 0 Å². The second kappa shape index (κ2) is 5.59. The van der Waals surface area contributed by atoms with E-state index in [9.17, 15) is 15.0 Å². The number of carbonyl (C=O) groups excluding carboxylic acids is 1. The number of aliphatic hydroxyl groups is 1. The maximum absolute atomic E-state index is 11.5. The van der Waals surface area contributed by atoms with Crippen LogP contribution in [0.4, 0.5) is 0 Å². The van der Waals surface area contributed by atoms with Gasteiger partial charge in [-0.3, -0.25) is 0 Å². The number of phenols is 1. The number of hydrogen-bond donors (Lipinski definition) is 2. The van der Waals surface area contributed by atoms with E-state index in [1.54, 1.807) is 27.7 Å². The van der Waals surface area contributed by atoms with Crippen LogP contribution in [0.3, 0.4) is 0 Å². The lowest BCUT2D eigenvalue weighted by Crippen LogP contribution is -2.17. The Morgan fingerprint density at radius 1 is 1.28 bits per heavy atom. The highest BCUT2D eigenvalue weighted by Gasteiger charge is 2.27. The van der Waals surface area contributed by atoms with Gasteiger partial charge in [0, 0.05) is 10.6 Å². The lowest BCUT2D eigenvalue weighted by molar-refractivity contribution is -0.153. The number of hydrogen-bond acceptors (Lipinski definition) is 4. The summed E-state index contributed by atoms with van der Waals surface area (Å²) in [7, 11) is 0. The fraction of sp³-hybridized carbons (Fsp3) is 0.462. The Morgan fingerprint density at radius 3 is 2.33 bits per heavy atom. The van der Waals surface area contributed by atoms with E-state index in [0.29, 0.717) is 16.1 Å². The molecule has 0 spiro atoms. The molecule has 0 aliphatic rings. The van der Waals surface area contributed by atoms with Gasteiger partial charge in [0.05, 0.1) is 6.61 Å². The van der Waals surface area contributed by atoms with Crippen LogP contribution in [-0.4, -0.2) is 22.8 Å². The fourth-order valence-corrected chi connectivity index (χ4v) is 2.04. The van der Waals surface area contributed by atoms with Crippen LogP contribution in [-0.2, 0) is 9.53 Å². The van der Waals surface area contributed by atoms with Crippen LogP contribution in [0, 0.1) is 20.8 Å². The first-order chi connectivity index (χ1) is 8.32. The molecule has 1 unspecified atom stereocenters. The zero-order chi connectivity index (χ0) is 14.0. The van der Waals surface area contributed by atoms with Crippen molar-refractivity contribution in [3.8, 4) is 5.75 Å². The van der Waals surface area contributed by atoms with Crippen LogP contribution in [0.5, 0.6) is 5.75 Å². The molecule has 0 saturated carbocycles. The summed E-state index contributed by atoms with van der Waals surface area (Å²) in [5, 5.41) is 20.4. The summed E-state index contributed by atoms with van der Waals surface area (Å²) in [6.07, 6.45) is -1.53. The third-order valence-electron chi connectivity index (χ3n) is 3.02. The molecule has 0 amide bonds. The number of aromatic hydroxyl groups is 1. The molecule has 0 aliphatic heterocycles. The molecule has 0 aliphatic carbocycles. The van der Waals surface area contributed by atoms with Crippen molar-refractivity contribution < 1.29 is 19.7 Å². The molecule has 0 bridgehead atoms. The summed E-state index contributed by atoms with van der Waals surface area (Å²) in [5.41, 5.74) is 1.87. The minimum atomic E-state index is -1.53. The van der Waals surface area contributed by atoms with Crippen LogP contribution >= 0.6 is 11.6 Å². The third-order valence-corrected chi connectivity index (χ3v) is 3.59. The number of ether oxygens (including phenoxy) is 1. The SMILES string of the molecule is CCOC(=O)C(O)c1c(C)c(Cl)c(C)c(C)c1O. The second-order valence-corrected chi connectivity index (χ2v) is 4.48. The highest BCUT2D eigenvalue weighted by atomic mass is 35.5. The third kappa shape index (κ3) is 2.44. The van der Waals surface area contributed by atoms with E-state index in [-0.39, 0.29) is 17.9 Å². The van der Waals surface area contributed by atoms with Crippen molar-refractivity contribution in [2.24, 2.45) is 0 Å². The minimum Gasteiger partial charge on any atom is -0.507 e. The smallest absolute Gasteiger partial charge is 0.339 e. The number of carbonyl (C=O) groups is 1. The average molecular weight is 273 g/mol. The predicted octanol–water partition coefficient (Wildman–Crippen LogP) is 2.57. The Morgan fingerprint density at radius 2 is 1.83 bits per heavy atom. The van der Waals surface area contributed by atoms with Gasteiger partial charge < -0.3 is 14.9 Å². The van der Waals surface area contributed by atoms with Gasteiger partial charge in [-0.1, -0.05) is 11.6 Å². The zero-order valence-electron chi connectivity index (χ0n) is 10.9. The number of phenolic OH excluding ortho intramolecular Hbond substituents is 1. The van der Waals surface area contributed by atoms with Crippen LogP contribution in [0.2, 0.25) is 5.02 Å². The Bertz CT molecular complexity index is 453. The van der Waals surface area contributed by atoms with E-state index in [0.717, 1.165) is 5.56 Å². The second-order valence-electron chi connectivity index (χ2n) is 4.11. The summed E-state index contributed by atoms with van der Waals surface area (Å²) in [6, 6.07) is 0. The van der Waals surface area contributed by atoms with Gasteiger partial charge in [-0.25, -0.2) is 4.79 Å². The molecule has 100 valence electrons. The zero-order valence-corrected chi connectivity index (χ0v) is 11.6. The first kappa shape index (κ1) is 14.8. The van der Waals surface area contributed by atoms with Gasteiger partial charge in [0.1, 0.15) is 5.75 Å². The topological polar surface area (TPSA) is 66.8 Å². The molecule has 5 heteroatoms. The van der Waals surface area contributed by atoms with E-state index < -0.39 is 12.1 Å². The molecule has 0 fully saturated rings. The van der Waals surface area contributed by atoms with Crippen molar-refractivity contribution in [1.82, 2.24) is 0 Å². The Balaban J connectivity index is 3.37. The summed E-state index contributed by atoms with van der Waals surface area (Å²) in [4.78, 5) is 11.5. The molecule has 1 aromatic rings. The maximum atomic E-state index is 11.5. The summed E-state index contributed by atoms with van der Waals surface area (Å²) in [6.45, 7) is 6.90. The quantitative estimate of drug-likeness (QED) is 0.830. The van der Waals surface area contributed by atoms with Gasteiger partial charge in [0.2, 0.25) is 0 Å². The number of halogens is 1. The van der Waals surface area contributed by atoms with Crippen molar-refractivity contribution >= 4 is 17.6 Å². The number of rotatable bonds is 3. The van der Waals surface area contributed by atoms with Crippen LogP contribution in [0.25, 0.3) is 0 Å². The molecule has 1 atom stereocenters. The lowest BCUT2D eigenvalue weighted by atomic mass is 9.95. The molecule has 0 aromatic heterocycles. The van der Waals surface area contributed by atoms with Crippen molar-refractivity contribution in [2.75, 3.05) is 6.61 Å². The Hall–Kier alpha value is -1.26. The largest absolute Gasteiger partial charge is 0.507 e. The van der Waals surface area contributed by atoms with Gasteiger partial charge >= 0.3 is 5.97 Å². The standard InChI is InChI=1S/C13H17ClO4/c1-5-18-13(17)12(16)9-8(4)10(14)6(2)7(3)11(9)15/h12,15-16H,5H2,1-4H3. The lowest BCUT2D eigenvalue weighted by Gasteiger charge is -2.19. The van der Waals surface area contributed by atoms with Crippen LogP contribution < -0.4 is 0 Å². The maximum Gasteiger partial charge on any atom is 0.339 e.